The minimum atomic E-state index is -0.144. The summed E-state index contributed by atoms with van der Waals surface area (Å²) in [6, 6.07) is 9.28. The molecule has 1 aromatic carbocycles. The van der Waals surface area contributed by atoms with Gasteiger partial charge >= 0.3 is 0 Å². The highest BCUT2D eigenvalue weighted by atomic mass is 16.5. The molecule has 0 bridgehead atoms. The number of amides is 2. The molecule has 2 heterocycles. The fourth-order valence-corrected chi connectivity index (χ4v) is 3.80. The number of nitrogens with one attached hydrogen (secondary N) is 3. The van der Waals surface area contributed by atoms with Gasteiger partial charge in [0, 0.05) is 29.1 Å². The summed E-state index contributed by atoms with van der Waals surface area (Å²) < 4.78 is 10.3. The van der Waals surface area contributed by atoms with E-state index in [1.807, 2.05) is 31.2 Å². The molecule has 2 amide bonds. The van der Waals surface area contributed by atoms with Crippen molar-refractivity contribution in [3.05, 3.63) is 47.5 Å². The van der Waals surface area contributed by atoms with Crippen LogP contribution in [0.15, 0.2) is 34.9 Å². The van der Waals surface area contributed by atoms with Gasteiger partial charge in [-0.15, -0.1) is 0 Å². The first-order chi connectivity index (χ1) is 14.0. The molecule has 0 saturated heterocycles. The first-order valence-corrected chi connectivity index (χ1v) is 9.69. The molecule has 1 aliphatic rings. The van der Waals surface area contributed by atoms with Crippen LogP contribution in [0.2, 0.25) is 0 Å². The van der Waals surface area contributed by atoms with Crippen molar-refractivity contribution in [1.29, 1.82) is 0 Å². The minimum Gasteiger partial charge on any atom is -0.497 e. The first-order valence-electron chi connectivity index (χ1n) is 9.69. The Hall–Kier alpha value is -3.29. The number of rotatable bonds is 6. The number of ether oxygens (including phenoxy) is 1. The van der Waals surface area contributed by atoms with Gasteiger partial charge in [0.05, 0.1) is 19.2 Å². The number of nitrogens with zero attached hydrogens (tertiary/aromatic N) is 1. The second kappa shape index (κ2) is 7.98. The average Bonchev–Trinajstić information content (AvgIpc) is 3.41. The zero-order valence-electron chi connectivity index (χ0n) is 16.5. The predicted molar refractivity (Wildman–Crippen MR) is 107 cm³/mol. The van der Waals surface area contributed by atoms with Crippen molar-refractivity contribution in [1.82, 2.24) is 20.8 Å². The van der Waals surface area contributed by atoms with Crippen LogP contribution in [0.5, 0.6) is 5.75 Å². The fraction of sp³-hybridized carbons (Fsp3) is 0.381. The van der Waals surface area contributed by atoms with Crippen LogP contribution in [0.4, 0.5) is 0 Å². The van der Waals surface area contributed by atoms with E-state index in [0.717, 1.165) is 35.2 Å². The number of hydrogen-bond donors (Lipinski definition) is 3. The monoisotopic (exact) mass is 396 g/mol. The number of benzene rings is 1. The Bertz CT molecular complexity index is 1040. The number of hydrogen-bond acceptors (Lipinski definition) is 5. The van der Waals surface area contributed by atoms with Gasteiger partial charge in [0.25, 0.3) is 5.91 Å². The molecular formula is C21H24N4O4. The summed E-state index contributed by atoms with van der Waals surface area (Å²) in [5, 5.41) is 10.8. The maximum absolute atomic E-state index is 12.6. The molecule has 4 rings (SSSR count). The van der Waals surface area contributed by atoms with Crippen LogP contribution in [0.1, 0.15) is 41.2 Å². The van der Waals surface area contributed by atoms with E-state index < -0.39 is 0 Å². The number of aromatic amines is 1. The third-order valence-corrected chi connectivity index (χ3v) is 5.22. The Morgan fingerprint density at radius 1 is 1.21 bits per heavy atom. The van der Waals surface area contributed by atoms with Crippen LogP contribution in [-0.2, 0) is 11.2 Å². The molecule has 1 fully saturated rings. The zero-order chi connectivity index (χ0) is 20.4. The lowest BCUT2D eigenvalue weighted by Crippen LogP contribution is -2.37. The van der Waals surface area contributed by atoms with Crippen molar-refractivity contribution in [3.63, 3.8) is 0 Å². The van der Waals surface area contributed by atoms with E-state index in [9.17, 15) is 9.59 Å². The molecule has 0 unspecified atom stereocenters. The van der Waals surface area contributed by atoms with Gasteiger partial charge in [-0.1, -0.05) is 5.16 Å². The summed E-state index contributed by atoms with van der Waals surface area (Å²) in [5.41, 5.74) is 2.16. The van der Waals surface area contributed by atoms with Crippen LogP contribution in [0.3, 0.4) is 0 Å². The molecule has 8 nitrogen and oxygen atoms in total. The molecule has 152 valence electrons. The quantitative estimate of drug-likeness (QED) is 0.593. The fourth-order valence-electron chi connectivity index (χ4n) is 3.80. The number of carbonyl (C=O) groups excluding carboxylic acids is 2. The minimum absolute atomic E-state index is 0.0290. The molecule has 1 aliphatic carbocycles. The van der Waals surface area contributed by atoms with Crippen molar-refractivity contribution >= 4 is 22.7 Å². The number of methoxy groups -OCH3 is 1. The molecule has 0 radical (unpaired) electrons. The number of aromatic nitrogens is 2. The molecule has 2 atom stereocenters. The van der Waals surface area contributed by atoms with Crippen LogP contribution in [0.25, 0.3) is 10.9 Å². The summed E-state index contributed by atoms with van der Waals surface area (Å²) in [5.74, 6) is 1.06. The summed E-state index contributed by atoms with van der Waals surface area (Å²) in [6.07, 6.45) is 2.54. The van der Waals surface area contributed by atoms with E-state index in [4.69, 9.17) is 9.26 Å². The van der Waals surface area contributed by atoms with Crippen molar-refractivity contribution in [2.45, 2.75) is 44.7 Å². The summed E-state index contributed by atoms with van der Waals surface area (Å²) in [7, 11) is 1.61. The molecule has 0 aliphatic heterocycles. The van der Waals surface area contributed by atoms with Crippen LogP contribution < -0.4 is 15.4 Å². The number of carbonyl (C=O) groups is 2. The Labute approximate surface area is 168 Å². The SMILES string of the molecule is COc1ccc2[nH]c(C(=O)N[C@@H]3CC[C@H](NC(=O)Cc4cc(C)no4)C3)cc2c1. The highest BCUT2D eigenvalue weighted by Crippen LogP contribution is 2.23. The average molecular weight is 396 g/mol. The molecule has 3 N–H and O–H groups in total. The van der Waals surface area contributed by atoms with Crippen molar-refractivity contribution in [2.75, 3.05) is 7.11 Å². The second-order valence-corrected chi connectivity index (χ2v) is 7.50. The molecule has 2 aromatic heterocycles. The number of fused-ring (bicyclic) bond motifs is 1. The van der Waals surface area contributed by atoms with Gasteiger partial charge in [0.15, 0.2) is 0 Å². The lowest BCUT2D eigenvalue weighted by atomic mass is 10.2. The number of H-pyrrole nitrogens is 1. The predicted octanol–water partition coefficient (Wildman–Crippen LogP) is 2.48. The van der Waals surface area contributed by atoms with Gasteiger partial charge in [-0.25, -0.2) is 0 Å². The topological polar surface area (TPSA) is 109 Å². The van der Waals surface area contributed by atoms with Crippen molar-refractivity contribution in [2.24, 2.45) is 0 Å². The number of aryl methyl sites for hydroxylation is 1. The Morgan fingerprint density at radius 2 is 2.00 bits per heavy atom. The first kappa shape index (κ1) is 19.0. The van der Waals surface area contributed by atoms with E-state index in [1.165, 1.54) is 0 Å². The maximum Gasteiger partial charge on any atom is 0.267 e. The van der Waals surface area contributed by atoms with E-state index >= 15 is 0 Å². The van der Waals surface area contributed by atoms with Gasteiger partial charge < -0.3 is 24.9 Å². The van der Waals surface area contributed by atoms with Gasteiger partial charge in [0.2, 0.25) is 5.91 Å². The highest BCUT2D eigenvalue weighted by molar-refractivity contribution is 5.98. The smallest absolute Gasteiger partial charge is 0.267 e. The molecule has 0 spiro atoms. The molecular weight excluding hydrogens is 372 g/mol. The Kier molecular flexibility index (Phi) is 5.24. The molecule has 1 saturated carbocycles. The molecule has 3 aromatic rings. The van der Waals surface area contributed by atoms with Gasteiger partial charge in [-0.05, 0) is 50.5 Å². The van der Waals surface area contributed by atoms with E-state index in [-0.39, 0.29) is 30.3 Å². The zero-order valence-corrected chi connectivity index (χ0v) is 16.5. The van der Waals surface area contributed by atoms with Crippen LogP contribution >= 0.6 is 0 Å². The summed E-state index contributed by atoms with van der Waals surface area (Å²) in [4.78, 5) is 27.9. The molecule has 8 heteroatoms. The third-order valence-electron chi connectivity index (χ3n) is 5.22. The highest BCUT2D eigenvalue weighted by Gasteiger charge is 2.28. The largest absolute Gasteiger partial charge is 0.497 e. The van der Waals surface area contributed by atoms with Crippen LogP contribution in [-0.4, -0.2) is 41.1 Å². The van der Waals surface area contributed by atoms with E-state index in [1.54, 1.807) is 13.2 Å². The molecule has 29 heavy (non-hydrogen) atoms. The third kappa shape index (κ3) is 4.42. The standard InChI is InChI=1S/C21H24N4O4/c1-12-7-17(29-25-12)11-20(26)22-14-3-4-15(10-14)23-21(27)19-9-13-8-16(28-2)5-6-18(13)24-19/h5-9,14-15,24H,3-4,10-11H2,1-2H3,(H,22,26)(H,23,27)/t14-,15+/m0/s1. The lowest BCUT2D eigenvalue weighted by molar-refractivity contribution is -0.121. The van der Waals surface area contributed by atoms with Crippen molar-refractivity contribution < 1.29 is 18.8 Å². The van der Waals surface area contributed by atoms with Gasteiger partial charge in [-0.2, -0.15) is 0 Å². The maximum atomic E-state index is 12.6. The van der Waals surface area contributed by atoms with Gasteiger partial charge in [-0.3, -0.25) is 9.59 Å². The second-order valence-electron chi connectivity index (χ2n) is 7.50. The lowest BCUT2D eigenvalue weighted by Gasteiger charge is -2.14. The van der Waals surface area contributed by atoms with E-state index in [0.29, 0.717) is 17.9 Å². The van der Waals surface area contributed by atoms with Gasteiger partial charge in [0.1, 0.15) is 17.2 Å². The summed E-state index contributed by atoms with van der Waals surface area (Å²) in [6.45, 7) is 1.82. The summed E-state index contributed by atoms with van der Waals surface area (Å²) >= 11 is 0. The Balaban J connectivity index is 1.30. The normalized spacial score (nSPS) is 18.7. The van der Waals surface area contributed by atoms with E-state index in [2.05, 4.69) is 20.8 Å². The van der Waals surface area contributed by atoms with Crippen molar-refractivity contribution in [3.8, 4) is 5.75 Å². The Morgan fingerprint density at radius 3 is 2.72 bits per heavy atom. The van der Waals surface area contributed by atoms with Crippen LogP contribution in [0, 0.1) is 6.92 Å².